The predicted octanol–water partition coefficient (Wildman–Crippen LogP) is 28.6. The highest BCUT2D eigenvalue weighted by atomic mass is 14.7. The number of pyridine rings is 8. The van der Waals surface area contributed by atoms with Gasteiger partial charge in [-0.05, 0) is 172 Å². The molecule has 0 amide bonds. The van der Waals surface area contributed by atoms with Crippen LogP contribution in [0.4, 0.5) is 0 Å². The van der Waals surface area contributed by atoms with Crippen LogP contribution in [0.25, 0.3) is 86.7 Å². The first kappa shape index (κ1) is 91.1. The van der Waals surface area contributed by atoms with Crippen molar-refractivity contribution < 1.29 is 0 Å². The standard InChI is InChI=1S/8C10H9N.8C2H6/c1-8-2-3-10-7-11-5-4-9(10)6-8;1-8-2-3-9-4-5-11-7-10(9)6-8;1-8-4-5-10-9(7-8)3-2-6-11-10;1-8-4-5-9-3-2-6-11-10(9)7-8;1-8-6-11-7-9-4-2-3-5-10(8)9;1-8-6-9-4-2-3-5-10(9)11-7-8;1-8-10-5-3-2-4-9(10)6-7-11-8;1-8-6-7-9-4-2-3-5-10(9)11-8;8*1-2/h8*2-7H,1H3;8*1-2H3. The van der Waals surface area contributed by atoms with Crippen LogP contribution >= 0.6 is 0 Å². The molecule has 544 valence electrons. The molecule has 0 N–H and O–H groups in total. The number of benzene rings is 8. The van der Waals surface area contributed by atoms with E-state index in [0.717, 1.165) is 33.5 Å². The highest BCUT2D eigenvalue weighted by Gasteiger charge is 1.98. The molecule has 0 radical (unpaired) electrons. The summed E-state index contributed by atoms with van der Waals surface area (Å²) in [7, 11) is 0. The third-order valence-electron chi connectivity index (χ3n) is 14.3. The number of hydrogen-bond donors (Lipinski definition) is 0. The van der Waals surface area contributed by atoms with Crippen LogP contribution in [0.15, 0.2) is 292 Å². The minimum Gasteiger partial charge on any atom is -0.264 e. The summed E-state index contributed by atoms with van der Waals surface area (Å²) < 4.78 is 0. The molecular weight excluding hydrogens is 1270 g/mol. The number of nitrogens with zero attached hydrogens (tertiary/aromatic N) is 8. The van der Waals surface area contributed by atoms with Crippen molar-refractivity contribution in [3.05, 3.63) is 337 Å². The van der Waals surface area contributed by atoms with Crippen molar-refractivity contribution in [3.8, 4) is 0 Å². The second-order valence-electron chi connectivity index (χ2n) is 21.5. The molecule has 0 aliphatic carbocycles. The molecular formula is C96H120N8. The summed E-state index contributed by atoms with van der Waals surface area (Å²) in [4.78, 5) is 33.5. The van der Waals surface area contributed by atoms with Gasteiger partial charge in [0, 0.05) is 116 Å². The third-order valence-corrected chi connectivity index (χ3v) is 14.3. The number of fused-ring (bicyclic) bond motifs is 8. The van der Waals surface area contributed by atoms with Crippen LogP contribution in [0.5, 0.6) is 0 Å². The topological polar surface area (TPSA) is 103 Å². The average Bonchev–Trinajstić information content (AvgIpc) is 0.925. The van der Waals surface area contributed by atoms with Crippen molar-refractivity contribution in [3.63, 3.8) is 0 Å². The Labute approximate surface area is 626 Å². The first-order chi connectivity index (χ1) is 50.9. The van der Waals surface area contributed by atoms with Gasteiger partial charge in [-0.25, -0.2) is 0 Å². The van der Waals surface area contributed by atoms with E-state index in [4.69, 9.17) is 0 Å². The van der Waals surface area contributed by atoms with Crippen LogP contribution in [0.2, 0.25) is 0 Å². The summed E-state index contributed by atoms with van der Waals surface area (Å²) in [6.07, 6.45) is 18.6. The lowest BCUT2D eigenvalue weighted by molar-refractivity contribution is 1.24. The smallest absolute Gasteiger partial charge is 0.0705 e. The zero-order chi connectivity index (χ0) is 77.5. The minimum absolute atomic E-state index is 1.07. The number of rotatable bonds is 0. The van der Waals surface area contributed by atoms with Gasteiger partial charge in [-0.15, -0.1) is 0 Å². The second kappa shape index (κ2) is 55.7. The van der Waals surface area contributed by atoms with E-state index in [-0.39, 0.29) is 0 Å². The molecule has 8 aromatic heterocycles. The first-order valence-electron chi connectivity index (χ1n) is 37.4. The Bertz CT molecular complexity index is 4180. The lowest BCUT2D eigenvalue weighted by Crippen LogP contribution is -1.80. The molecule has 8 aromatic carbocycles. The van der Waals surface area contributed by atoms with Crippen molar-refractivity contribution >= 4 is 86.7 Å². The van der Waals surface area contributed by atoms with E-state index in [2.05, 4.69) is 215 Å². The first-order valence-corrected chi connectivity index (χ1v) is 37.4. The molecule has 16 rings (SSSR count). The molecule has 0 aliphatic heterocycles. The monoisotopic (exact) mass is 1380 g/mol. The summed E-state index contributed by atoms with van der Waals surface area (Å²) in [6, 6.07) is 78.5. The quantitative estimate of drug-likeness (QED) is 0.148. The molecule has 8 heteroatoms. The zero-order valence-corrected chi connectivity index (χ0v) is 67.3. The van der Waals surface area contributed by atoms with Gasteiger partial charge in [-0.1, -0.05) is 279 Å². The van der Waals surface area contributed by atoms with Crippen LogP contribution in [0.3, 0.4) is 0 Å². The molecule has 0 fully saturated rings. The van der Waals surface area contributed by atoms with Gasteiger partial charge in [0.15, 0.2) is 0 Å². The van der Waals surface area contributed by atoms with E-state index >= 15 is 0 Å². The fourth-order valence-electron chi connectivity index (χ4n) is 9.67. The Balaban J connectivity index is 0.000000578. The maximum Gasteiger partial charge on any atom is 0.0705 e. The normalized spacial score (nSPS) is 9.15. The summed E-state index contributed by atoms with van der Waals surface area (Å²) >= 11 is 0. The van der Waals surface area contributed by atoms with E-state index in [1.54, 1.807) is 0 Å². The van der Waals surface area contributed by atoms with Gasteiger partial charge >= 0.3 is 0 Å². The summed E-state index contributed by atoms with van der Waals surface area (Å²) in [5.41, 5.74) is 14.0. The van der Waals surface area contributed by atoms with Crippen molar-refractivity contribution in [1.29, 1.82) is 0 Å². The van der Waals surface area contributed by atoms with Gasteiger partial charge in [0.1, 0.15) is 0 Å². The highest BCUT2D eigenvalue weighted by Crippen LogP contribution is 2.19. The van der Waals surface area contributed by atoms with Gasteiger partial charge in [0.05, 0.1) is 22.1 Å². The van der Waals surface area contributed by atoms with Crippen LogP contribution < -0.4 is 0 Å². The zero-order valence-electron chi connectivity index (χ0n) is 67.3. The van der Waals surface area contributed by atoms with Gasteiger partial charge < -0.3 is 0 Å². The summed E-state index contributed by atoms with van der Waals surface area (Å²) in [5, 5.41) is 14.8. The van der Waals surface area contributed by atoms with Crippen LogP contribution in [-0.4, -0.2) is 39.9 Å². The van der Waals surface area contributed by atoms with E-state index in [1.165, 1.54) is 98.0 Å². The van der Waals surface area contributed by atoms with Crippen LogP contribution in [0.1, 0.15) is 156 Å². The molecule has 0 saturated carbocycles. The SMILES string of the molecule is CC.CC.CC.CC.CC.CC.CC.CC.Cc1ccc2ccccc2n1.Cc1ccc2cccnc2c1.Cc1ccc2ccncc2c1.Cc1ccc2cnccc2c1.Cc1ccc2ncccc2c1.Cc1cnc2ccccc2c1.Cc1cncc2ccccc12.Cc1nccc2ccccc12. The molecule has 0 bridgehead atoms. The van der Waals surface area contributed by atoms with E-state index in [0.29, 0.717) is 0 Å². The third kappa shape index (κ3) is 32.4. The number of hydrogen-bond acceptors (Lipinski definition) is 8. The molecule has 16 aromatic rings. The average molecular weight is 1390 g/mol. The van der Waals surface area contributed by atoms with Crippen LogP contribution in [0, 0.1) is 55.4 Å². The van der Waals surface area contributed by atoms with E-state index in [1.807, 2.05) is 284 Å². The number of aryl methyl sites for hydroxylation is 8. The molecule has 8 nitrogen and oxygen atoms in total. The van der Waals surface area contributed by atoms with Gasteiger partial charge in [-0.3, -0.25) is 39.9 Å². The highest BCUT2D eigenvalue weighted by molar-refractivity contribution is 5.86. The molecule has 0 unspecified atom stereocenters. The maximum atomic E-state index is 4.38. The number of para-hydroxylation sites is 2. The summed E-state index contributed by atoms with van der Waals surface area (Å²) in [6.45, 7) is 48.5. The van der Waals surface area contributed by atoms with Crippen molar-refractivity contribution in [1.82, 2.24) is 39.9 Å². The summed E-state index contributed by atoms with van der Waals surface area (Å²) in [5.74, 6) is 0. The van der Waals surface area contributed by atoms with Gasteiger partial charge in [-0.2, -0.15) is 0 Å². The Morgan fingerprint density at radius 2 is 0.606 bits per heavy atom. The maximum absolute atomic E-state index is 4.38. The lowest BCUT2D eigenvalue weighted by atomic mass is 10.1. The fourth-order valence-corrected chi connectivity index (χ4v) is 9.67. The Hall–Kier alpha value is -11.0. The molecule has 0 atom stereocenters. The number of aromatic nitrogens is 8. The van der Waals surface area contributed by atoms with Crippen molar-refractivity contribution in [2.24, 2.45) is 0 Å². The lowest BCUT2D eigenvalue weighted by Gasteiger charge is -1.98. The van der Waals surface area contributed by atoms with E-state index < -0.39 is 0 Å². The molecule has 104 heavy (non-hydrogen) atoms. The van der Waals surface area contributed by atoms with Crippen LogP contribution in [-0.2, 0) is 0 Å². The molecule has 8 heterocycles. The largest absolute Gasteiger partial charge is 0.264 e. The van der Waals surface area contributed by atoms with Gasteiger partial charge in [0.2, 0.25) is 0 Å². The predicted molar refractivity (Wildman–Crippen MR) is 463 cm³/mol. The van der Waals surface area contributed by atoms with E-state index in [9.17, 15) is 0 Å². The molecule has 0 aliphatic rings. The molecule has 0 saturated heterocycles. The van der Waals surface area contributed by atoms with Crippen molar-refractivity contribution in [2.75, 3.05) is 0 Å². The second-order valence-corrected chi connectivity index (χ2v) is 21.5. The molecule has 0 spiro atoms. The van der Waals surface area contributed by atoms with Gasteiger partial charge in [0.25, 0.3) is 0 Å². The van der Waals surface area contributed by atoms with Crippen molar-refractivity contribution in [2.45, 2.75) is 166 Å². The Kier molecular flexibility index (Phi) is 48.8. The fraction of sp³-hybridized carbons (Fsp3) is 0.250. The Morgan fingerprint density at radius 3 is 1.22 bits per heavy atom. The Morgan fingerprint density at radius 1 is 0.202 bits per heavy atom. The minimum atomic E-state index is 1.07.